The minimum absolute atomic E-state index is 0.478. The minimum Gasteiger partial charge on any atom is -0.379 e. The summed E-state index contributed by atoms with van der Waals surface area (Å²) in [6.45, 7) is 13.0. The molecule has 104 valence electrons. The highest BCUT2D eigenvalue weighted by Gasteiger charge is 2.14. The molecule has 0 aromatic heterocycles. The molecule has 0 heterocycles. The van der Waals surface area contributed by atoms with Crippen LogP contribution in [0.1, 0.15) is 47.0 Å². The molecule has 0 spiro atoms. The standard InChI is InChI=1S/C14H31NO2/c1-5-8-15-14(13(4)7-3)12-17-11-10-16-9-6-2/h13-15H,5-12H2,1-4H3. The summed E-state index contributed by atoms with van der Waals surface area (Å²) in [6, 6.07) is 0.478. The molecule has 2 atom stereocenters. The predicted molar refractivity (Wildman–Crippen MR) is 73.5 cm³/mol. The third kappa shape index (κ3) is 9.57. The molecule has 3 heteroatoms. The summed E-state index contributed by atoms with van der Waals surface area (Å²) in [4.78, 5) is 0. The first kappa shape index (κ1) is 16.9. The lowest BCUT2D eigenvalue weighted by atomic mass is 10.00. The molecule has 0 bridgehead atoms. The van der Waals surface area contributed by atoms with Crippen LogP contribution in [0.2, 0.25) is 0 Å². The van der Waals surface area contributed by atoms with Gasteiger partial charge in [-0.1, -0.05) is 34.1 Å². The Kier molecular flexibility index (Phi) is 12.3. The van der Waals surface area contributed by atoms with E-state index in [4.69, 9.17) is 9.47 Å². The van der Waals surface area contributed by atoms with E-state index >= 15 is 0 Å². The van der Waals surface area contributed by atoms with E-state index in [2.05, 4.69) is 33.0 Å². The fraction of sp³-hybridized carbons (Fsp3) is 1.00. The molecular formula is C14H31NO2. The van der Waals surface area contributed by atoms with Gasteiger partial charge in [0, 0.05) is 12.6 Å². The quantitative estimate of drug-likeness (QED) is 0.536. The van der Waals surface area contributed by atoms with Crippen LogP contribution in [0.5, 0.6) is 0 Å². The molecule has 0 aliphatic heterocycles. The van der Waals surface area contributed by atoms with Crippen molar-refractivity contribution < 1.29 is 9.47 Å². The lowest BCUT2D eigenvalue weighted by Gasteiger charge is -2.24. The van der Waals surface area contributed by atoms with Gasteiger partial charge in [0.25, 0.3) is 0 Å². The van der Waals surface area contributed by atoms with Gasteiger partial charge in [-0.3, -0.25) is 0 Å². The Morgan fingerprint density at radius 2 is 1.65 bits per heavy atom. The van der Waals surface area contributed by atoms with Crippen molar-refractivity contribution in [2.75, 3.05) is 33.0 Å². The molecule has 17 heavy (non-hydrogen) atoms. The molecule has 1 N–H and O–H groups in total. The highest BCUT2D eigenvalue weighted by molar-refractivity contribution is 4.71. The molecule has 0 radical (unpaired) electrons. The number of ether oxygens (including phenoxy) is 2. The first-order valence-electron chi connectivity index (χ1n) is 7.15. The fourth-order valence-corrected chi connectivity index (χ4v) is 1.61. The first-order valence-corrected chi connectivity index (χ1v) is 7.15. The van der Waals surface area contributed by atoms with E-state index in [0.717, 1.165) is 32.8 Å². The largest absolute Gasteiger partial charge is 0.379 e. The fourth-order valence-electron chi connectivity index (χ4n) is 1.61. The SMILES string of the molecule is CCCNC(COCCOCCC)C(C)CC. The van der Waals surface area contributed by atoms with Gasteiger partial charge in [-0.2, -0.15) is 0 Å². The van der Waals surface area contributed by atoms with Crippen LogP contribution in [0.15, 0.2) is 0 Å². The molecule has 0 aromatic rings. The molecule has 0 amide bonds. The lowest BCUT2D eigenvalue weighted by Crippen LogP contribution is -2.39. The van der Waals surface area contributed by atoms with Gasteiger partial charge < -0.3 is 14.8 Å². The summed E-state index contributed by atoms with van der Waals surface area (Å²) in [6.07, 6.45) is 3.44. The molecule has 0 rings (SSSR count). The molecule has 0 saturated heterocycles. The molecule has 3 nitrogen and oxygen atoms in total. The molecule has 2 unspecified atom stereocenters. The Balaban J connectivity index is 3.60. The summed E-state index contributed by atoms with van der Waals surface area (Å²) in [5, 5.41) is 3.56. The molecule has 0 saturated carbocycles. The highest BCUT2D eigenvalue weighted by atomic mass is 16.5. The highest BCUT2D eigenvalue weighted by Crippen LogP contribution is 2.08. The Hall–Kier alpha value is -0.120. The van der Waals surface area contributed by atoms with Crippen molar-refractivity contribution in [3.05, 3.63) is 0 Å². The van der Waals surface area contributed by atoms with E-state index < -0.39 is 0 Å². The summed E-state index contributed by atoms with van der Waals surface area (Å²) in [5.41, 5.74) is 0. The Bertz CT molecular complexity index is 153. The topological polar surface area (TPSA) is 30.5 Å². The van der Waals surface area contributed by atoms with Crippen molar-refractivity contribution in [3.8, 4) is 0 Å². The number of rotatable bonds is 12. The van der Waals surface area contributed by atoms with E-state index in [1.54, 1.807) is 0 Å². The number of hydrogen-bond acceptors (Lipinski definition) is 3. The van der Waals surface area contributed by atoms with Crippen LogP contribution < -0.4 is 5.32 Å². The number of nitrogens with one attached hydrogen (secondary N) is 1. The van der Waals surface area contributed by atoms with Crippen molar-refractivity contribution in [1.82, 2.24) is 5.32 Å². The van der Waals surface area contributed by atoms with Crippen LogP contribution >= 0.6 is 0 Å². The van der Waals surface area contributed by atoms with Gasteiger partial charge in [-0.15, -0.1) is 0 Å². The maximum atomic E-state index is 5.67. The van der Waals surface area contributed by atoms with Crippen LogP contribution in [-0.4, -0.2) is 39.0 Å². The maximum absolute atomic E-state index is 5.67. The van der Waals surface area contributed by atoms with Crippen LogP contribution in [0.3, 0.4) is 0 Å². The average Bonchev–Trinajstić information content (AvgIpc) is 2.36. The third-order valence-electron chi connectivity index (χ3n) is 3.01. The summed E-state index contributed by atoms with van der Waals surface area (Å²) < 4.78 is 11.1. The second kappa shape index (κ2) is 12.3. The Morgan fingerprint density at radius 1 is 0.941 bits per heavy atom. The smallest absolute Gasteiger partial charge is 0.0701 e. The molecule has 0 aliphatic rings. The van der Waals surface area contributed by atoms with Gasteiger partial charge in [-0.05, 0) is 25.3 Å². The van der Waals surface area contributed by atoms with E-state index in [1.807, 2.05) is 0 Å². The molecule has 0 aliphatic carbocycles. The van der Waals surface area contributed by atoms with Crippen LogP contribution in [0.25, 0.3) is 0 Å². The summed E-state index contributed by atoms with van der Waals surface area (Å²) >= 11 is 0. The Labute approximate surface area is 107 Å². The van der Waals surface area contributed by atoms with Crippen molar-refractivity contribution in [1.29, 1.82) is 0 Å². The second-order valence-corrected chi connectivity index (χ2v) is 4.63. The van der Waals surface area contributed by atoms with E-state index in [-0.39, 0.29) is 0 Å². The van der Waals surface area contributed by atoms with Gasteiger partial charge in [0.15, 0.2) is 0 Å². The van der Waals surface area contributed by atoms with E-state index in [0.29, 0.717) is 18.6 Å². The maximum Gasteiger partial charge on any atom is 0.0701 e. The van der Waals surface area contributed by atoms with Crippen molar-refractivity contribution in [2.24, 2.45) is 5.92 Å². The van der Waals surface area contributed by atoms with Gasteiger partial charge in [-0.25, -0.2) is 0 Å². The van der Waals surface area contributed by atoms with Crippen LogP contribution in [0.4, 0.5) is 0 Å². The summed E-state index contributed by atoms with van der Waals surface area (Å²) in [7, 11) is 0. The molecule has 0 fully saturated rings. The van der Waals surface area contributed by atoms with Crippen molar-refractivity contribution in [2.45, 2.75) is 53.0 Å². The van der Waals surface area contributed by atoms with Crippen LogP contribution in [-0.2, 0) is 9.47 Å². The van der Waals surface area contributed by atoms with Gasteiger partial charge >= 0.3 is 0 Å². The lowest BCUT2D eigenvalue weighted by molar-refractivity contribution is 0.0330. The summed E-state index contributed by atoms with van der Waals surface area (Å²) in [5.74, 6) is 0.665. The zero-order valence-electron chi connectivity index (χ0n) is 12.1. The van der Waals surface area contributed by atoms with Gasteiger partial charge in [0.1, 0.15) is 0 Å². The average molecular weight is 245 g/mol. The van der Waals surface area contributed by atoms with Gasteiger partial charge in [0.2, 0.25) is 0 Å². The number of hydrogen-bond donors (Lipinski definition) is 1. The molecular weight excluding hydrogens is 214 g/mol. The van der Waals surface area contributed by atoms with Crippen molar-refractivity contribution in [3.63, 3.8) is 0 Å². The van der Waals surface area contributed by atoms with E-state index in [1.165, 1.54) is 12.8 Å². The first-order chi connectivity index (χ1) is 8.26. The molecule has 0 aromatic carbocycles. The minimum atomic E-state index is 0.478. The monoisotopic (exact) mass is 245 g/mol. The zero-order chi connectivity index (χ0) is 12.9. The second-order valence-electron chi connectivity index (χ2n) is 4.63. The predicted octanol–water partition coefficient (Wildman–Crippen LogP) is 2.84. The zero-order valence-corrected chi connectivity index (χ0v) is 12.1. The van der Waals surface area contributed by atoms with Gasteiger partial charge in [0.05, 0.1) is 19.8 Å². The van der Waals surface area contributed by atoms with E-state index in [9.17, 15) is 0 Å². The third-order valence-corrected chi connectivity index (χ3v) is 3.01. The normalized spacial score (nSPS) is 14.8. The van der Waals surface area contributed by atoms with Crippen molar-refractivity contribution >= 4 is 0 Å². The van der Waals surface area contributed by atoms with Crippen LogP contribution in [0, 0.1) is 5.92 Å². The Morgan fingerprint density at radius 3 is 2.24 bits per heavy atom.